The second kappa shape index (κ2) is 9.79. The number of hydrogen-bond donors (Lipinski definition) is 0. The molecular weight excluding hydrogens is 416 g/mol. The molecule has 0 bridgehead atoms. The summed E-state index contributed by atoms with van der Waals surface area (Å²) in [4.78, 5) is 19.0. The topological polar surface area (TPSA) is 60.9 Å². The zero-order valence-corrected chi connectivity index (χ0v) is 19.0. The lowest BCUT2D eigenvalue weighted by Crippen LogP contribution is -2.45. The lowest BCUT2D eigenvalue weighted by molar-refractivity contribution is -0.142. The van der Waals surface area contributed by atoms with E-state index in [2.05, 4.69) is 29.2 Å². The van der Waals surface area contributed by atoms with Gasteiger partial charge in [-0.2, -0.15) is 0 Å². The predicted molar refractivity (Wildman–Crippen MR) is 128 cm³/mol. The van der Waals surface area contributed by atoms with Crippen LogP contribution >= 0.6 is 0 Å². The molecule has 1 aromatic heterocycles. The molecule has 6 heteroatoms. The van der Waals surface area contributed by atoms with Crippen molar-refractivity contribution in [1.82, 2.24) is 9.88 Å². The molecule has 0 aliphatic carbocycles. The average Bonchev–Trinajstić information content (AvgIpc) is 3.40. The van der Waals surface area contributed by atoms with Crippen LogP contribution in [-0.2, 0) is 9.53 Å². The zero-order valence-electron chi connectivity index (χ0n) is 19.0. The number of nitrogens with zero attached hydrogens (tertiary/aromatic N) is 2. The van der Waals surface area contributed by atoms with E-state index in [0.717, 1.165) is 72.3 Å². The lowest BCUT2D eigenvalue weighted by atomic mass is 10.0. The van der Waals surface area contributed by atoms with Crippen molar-refractivity contribution in [2.45, 2.75) is 44.8 Å². The first-order chi connectivity index (χ1) is 16.2. The van der Waals surface area contributed by atoms with E-state index in [1.807, 2.05) is 36.1 Å². The van der Waals surface area contributed by atoms with E-state index in [0.29, 0.717) is 13.2 Å². The van der Waals surface area contributed by atoms with Crippen molar-refractivity contribution in [3.63, 3.8) is 0 Å². The van der Waals surface area contributed by atoms with Gasteiger partial charge < -0.3 is 19.1 Å². The minimum Gasteiger partial charge on any atom is -0.491 e. The number of benzene rings is 2. The third-order valence-corrected chi connectivity index (χ3v) is 6.44. The van der Waals surface area contributed by atoms with Gasteiger partial charge in [-0.05, 0) is 49.6 Å². The number of fused-ring (bicyclic) bond motifs is 1. The molecule has 3 heterocycles. The van der Waals surface area contributed by atoms with E-state index in [1.165, 1.54) is 0 Å². The fourth-order valence-corrected chi connectivity index (χ4v) is 4.71. The minimum atomic E-state index is -0.234. The number of likely N-dealkylation sites (tertiary alicyclic amines) is 1. The Morgan fingerprint density at radius 2 is 1.91 bits per heavy atom. The summed E-state index contributed by atoms with van der Waals surface area (Å²) in [7, 11) is 0. The molecule has 1 amide bonds. The van der Waals surface area contributed by atoms with Crippen LogP contribution in [0.1, 0.15) is 32.6 Å². The first-order valence-corrected chi connectivity index (χ1v) is 11.9. The van der Waals surface area contributed by atoms with Crippen LogP contribution < -0.4 is 9.47 Å². The number of aromatic nitrogens is 1. The number of carbonyl (C=O) groups excluding carboxylic acids is 1. The fraction of sp³-hybridized carbons (Fsp3) is 0.407. The molecule has 5 rings (SSSR count). The Hall–Kier alpha value is -3.12. The highest BCUT2D eigenvalue weighted by atomic mass is 16.5. The predicted octanol–water partition coefficient (Wildman–Crippen LogP) is 4.85. The lowest BCUT2D eigenvalue weighted by Gasteiger charge is -2.33. The van der Waals surface area contributed by atoms with Crippen LogP contribution in [0, 0.1) is 0 Å². The maximum absolute atomic E-state index is 12.5. The molecule has 2 aliphatic heterocycles. The molecule has 2 aliphatic rings. The van der Waals surface area contributed by atoms with Gasteiger partial charge in [-0.1, -0.05) is 24.3 Å². The van der Waals surface area contributed by atoms with E-state index in [9.17, 15) is 4.79 Å². The maximum Gasteiger partial charge on any atom is 0.251 e. The van der Waals surface area contributed by atoms with Crippen LogP contribution in [0.3, 0.4) is 0 Å². The van der Waals surface area contributed by atoms with Crippen LogP contribution in [0.25, 0.3) is 22.0 Å². The Morgan fingerprint density at radius 3 is 2.64 bits per heavy atom. The van der Waals surface area contributed by atoms with E-state index >= 15 is 0 Å². The smallest absolute Gasteiger partial charge is 0.251 e. The number of ether oxygens (including phenoxy) is 3. The minimum absolute atomic E-state index is 0.119. The molecule has 2 fully saturated rings. The molecule has 2 aromatic carbocycles. The Balaban J connectivity index is 1.24. The van der Waals surface area contributed by atoms with Crippen LogP contribution in [0.15, 0.2) is 54.7 Å². The summed E-state index contributed by atoms with van der Waals surface area (Å²) >= 11 is 0. The summed E-state index contributed by atoms with van der Waals surface area (Å²) in [6, 6.07) is 16.3. The van der Waals surface area contributed by atoms with Crippen LogP contribution in [0.2, 0.25) is 0 Å². The van der Waals surface area contributed by atoms with Crippen LogP contribution in [-0.4, -0.2) is 54.3 Å². The van der Waals surface area contributed by atoms with E-state index in [4.69, 9.17) is 14.2 Å². The van der Waals surface area contributed by atoms with Gasteiger partial charge in [0, 0.05) is 49.7 Å². The largest absolute Gasteiger partial charge is 0.491 e. The van der Waals surface area contributed by atoms with Gasteiger partial charge in [0.05, 0.1) is 6.61 Å². The van der Waals surface area contributed by atoms with Gasteiger partial charge in [-0.25, -0.2) is 0 Å². The SMILES string of the molecule is CCOc1c(-c2ccc(OC3CCN(C(=O)C4CCCO4)CC3)cc2)ccc2cccnc12. The second-order valence-electron chi connectivity index (χ2n) is 8.62. The molecule has 33 heavy (non-hydrogen) atoms. The van der Waals surface area contributed by atoms with Gasteiger partial charge >= 0.3 is 0 Å². The average molecular weight is 447 g/mol. The molecule has 6 nitrogen and oxygen atoms in total. The summed E-state index contributed by atoms with van der Waals surface area (Å²) in [5, 5.41) is 1.06. The van der Waals surface area contributed by atoms with Crippen molar-refractivity contribution in [2.24, 2.45) is 0 Å². The van der Waals surface area contributed by atoms with Gasteiger partial charge in [0.2, 0.25) is 0 Å². The highest BCUT2D eigenvalue weighted by Gasteiger charge is 2.31. The molecule has 3 aromatic rings. The summed E-state index contributed by atoms with van der Waals surface area (Å²) in [5.74, 6) is 1.80. The summed E-state index contributed by atoms with van der Waals surface area (Å²) in [5.41, 5.74) is 2.97. The number of rotatable bonds is 6. The van der Waals surface area contributed by atoms with Crippen molar-refractivity contribution < 1.29 is 19.0 Å². The van der Waals surface area contributed by atoms with Crippen LogP contribution in [0.4, 0.5) is 0 Å². The molecule has 0 radical (unpaired) electrons. The maximum atomic E-state index is 12.5. The van der Waals surface area contributed by atoms with E-state index < -0.39 is 0 Å². The normalized spacial score (nSPS) is 19.1. The monoisotopic (exact) mass is 446 g/mol. The van der Waals surface area contributed by atoms with E-state index in [-0.39, 0.29) is 18.1 Å². The highest BCUT2D eigenvalue weighted by molar-refractivity contribution is 5.92. The Morgan fingerprint density at radius 1 is 1.09 bits per heavy atom. The van der Waals surface area contributed by atoms with Gasteiger partial charge in [-0.15, -0.1) is 0 Å². The molecule has 1 unspecified atom stereocenters. The number of carbonyl (C=O) groups is 1. The number of piperidine rings is 1. The molecule has 0 saturated carbocycles. The van der Waals surface area contributed by atoms with Crippen molar-refractivity contribution in [3.05, 3.63) is 54.7 Å². The summed E-state index contributed by atoms with van der Waals surface area (Å²) in [6.07, 6.45) is 5.18. The third-order valence-electron chi connectivity index (χ3n) is 6.44. The quantitative estimate of drug-likeness (QED) is 0.542. The second-order valence-corrected chi connectivity index (χ2v) is 8.62. The van der Waals surface area contributed by atoms with Gasteiger partial charge in [0.1, 0.15) is 23.5 Å². The summed E-state index contributed by atoms with van der Waals surface area (Å²) in [6.45, 7) is 4.72. The molecule has 2 saturated heterocycles. The Kier molecular flexibility index (Phi) is 6.44. The molecule has 1 atom stereocenters. The van der Waals surface area contributed by atoms with Crippen molar-refractivity contribution in [2.75, 3.05) is 26.3 Å². The van der Waals surface area contributed by atoms with Gasteiger partial charge in [-0.3, -0.25) is 9.78 Å². The number of amides is 1. The summed E-state index contributed by atoms with van der Waals surface area (Å²) < 4.78 is 17.8. The first-order valence-electron chi connectivity index (χ1n) is 11.9. The Labute approximate surface area is 194 Å². The molecule has 0 N–H and O–H groups in total. The van der Waals surface area contributed by atoms with Crippen molar-refractivity contribution >= 4 is 16.8 Å². The van der Waals surface area contributed by atoms with Gasteiger partial charge in [0.15, 0.2) is 5.75 Å². The molecule has 172 valence electrons. The standard InChI is InChI=1S/C27H30N2O4/c1-2-31-26-23(12-9-20-5-3-15-28-25(20)26)19-7-10-21(11-8-19)33-22-13-16-29(17-14-22)27(30)24-6-4-18-32-24/h3,5,7-12,15,22,24H,2,4,6,13-14,16-18H2,1H3. The first kappa shape index (κ1) is 21.7. The fourth-order valence-electron chi connectivity index (χ4n) is 4.71. The van der Waals surface area contributed by atoms with Crippen LogP contribution in [0.5, 0.6) is 11.5 Å². The number of hydrogen-bond acceptors (Lipinski definition) is 5. The Bertz CT molecular complexity index is 1100. The van der Waals surface area contributed by atoms with E-state index in [1.54, 1.807) is 6.20 Å². The number of pyridine rings is 1. The van der Waals surface area contributed by atoms with Crippen molar-refractivity contribution in [1.29, 1.82) is 0 Å². The third kappa shape index (κ3) is 4.67. The van der Waals surface area contributed by atoms with Gasteiger partial charge in [0.25, 0.3) is 5.91 Å². The highest BCUT2D eigenvalue weighted by Crippen LogP contribution is 2.36. The zero-order chi connectivity index (χ0) is 22.6. The molecule has 0 spiro atoms. The van der Waals surface area contributed by atoms with Crippen molar-refractivity contribution in [3.8, 4) is 22.6 Å². The molecular formula is C27H30N2O4.